The quantitative estimate of drug-likeness (QED) is 0.664. The van der Waals surface area contributed by atoms with Crippen molar-refractivity contribution in [1.82, 2.24) is 5.32 Å². The fourth-order valence-corrected chi connectivity index (χ4v) is 1.63. The zero-order chi connectivity index (χ0) is 14.8. The molecular formula is C15H25NO4. The second kappa shape index (κ2) is 9.58. The van der Waals surface area contributed by atoms with Crippen LogP contribution in [0.2, 0.25) is 0 Å². The Morgan fingerprint density at radius 2 is 1.95 bits per heavy atom. The molecule has 5 nitrogen and oxygen atoms in total. The van der Waals surface area contributed by atoms with Crippen LogP contribution in [0.1, 0.15) is 12.5 Å². The number of methoxy groups -OCH3 is 3. The molecule has 1 aromatic rings. The van der Waals surface area contributed by atoms with Gasteiger partial charge in [0.05, 0.1) is 19.8 Å². The number of hydrogen-bond donors (Lipinski definition) is 1. The van der Waals surface area contributed by atoms with Crippen LogP contribution in [0.5, 0.6) is 11.5 Å². The summed E-state index contributed by atoms with van der Waals surface area (Å²) in [5.41, 5.74) is 1.14. The van der Waals surface area contributed by atoms with Gasteiger partial charge in [0.2, 0.25) is 0 Å². The highest BCUT2D eigenvalue weighted by Gasteiger charge is 2.08. The molecule has 0 heterocycles. The third-order valence-corrected chi connectivity index (χ3v) is 2.92. The molecule has 0 amide bonds. The van der Waals surface area contributed by atoms with Crippen LogP contribution in [0.25, 0.3) is 0 Å². The van der Waals surface area contributed by atoms with Crippen LogP contribution in [0.15, 0.2) is 18.2 Å². The molecule has 114 valence electrons. The van der Waals surface area contributed by atoms with E-state index in [1.807, 2.05) is 25.1 Å². The summed E-state index contributed by atoms with van der Waals surface area (Å²) in [7, 11) is 5.00. The average molecular weight is 283 g/mol. The predicted molar refractivity (Wildman–Crippen MR) is 78.5 cm³/mol. The summed E-state index contributed by atoms with van der Waals surface area (Å²) >= 11 is 0. The van der Waals surface area contributed by atoms with Crippen molar-refractivity contribution in [2.45, 2.75) is 19.6 Å². The Bertz CT molecular complexity index is 384. The normalized spacial score (nSPS) is 12.2. The van der Waals surface area contributed by atoms with E-state index in [2.05, 4.69) is 5.32 Å². The lowest BCUT2D eigenvalue weighted by atomic mass is 10.2. The highest BCUT2D eigenvalue weighted by Crippen LogP contribution is 2.28. The van der Waals surface area contributed by atoms with Crippen LogP contribution < -0.4 is 14.8 Å². The topological polar surface area (TPSA) is 49.0 Å². The van der Waals surface area contributed by atoms with Gasteiger partial charge in [0.25, 0.3) is 0 Å². The standard InChI is InChI=1S/C15H25NO4/c1-12(18-3)11-20-15-9-13(5-6-14(15)19-4)10-16-7-8-17-2/h5-6,9,12,16H,7-8,10-11H2,1-4H3. The second-order valence-electron chi connectivity index (χ2n) is 4.51. The van der Waals surface area contributed by atoms with E-state index in [1.54, 1.807) is 21.3 Å². The summed E-state index contributed by atoms with van der Waals surface area (Å²) in [6.45, 7) is 4.74. The van der Waals surface area contributed by atoms with E-state index in [1.165, 1.54) is 0 Å². The largest absolute Gasteiger partial charge is 0.493 e. The van der Waals surface area contributed by atoms with Gasteiger partial charge in [0.15, 0.2) is 11.5 Å². The minimum atomic E-state index is 0.0446. The second-order valence-corrected chi connectivity index (χ2v) is 4.51. The lowest BCUT2D eigenvalue weighted by molar-refractivity contribution is 0.0705. The lowest BCUT2D eigenvalue weighted by Gasteiger charge is -2.15. The third kappa shape index (κ3) is 5.77. The van der Waals surface area contributed by atoms with Crippen molar-refractivity contribution in [2.75, 3.05) is 41.1 Å². The van der Waals surface area contributed by atoms with Crippen molar-refractivity contribution in [3.05, 3.63) is 23.8 Å². The summed E-state index contributed by atoms with van der Waals surface area (Å²) in [6.07, 6.45) is 0.0446. The van der Waals surface area contributed by atoms with Crippen LogP contribution in [0.4, 0.5) is 0 Å². The van der Waals surface area contributed by atoms with Crippen molar-refractivity contribution < 1.29 is 18.9 Å². The van der Waals surface area contributed by atoms with Crippen molar-refractivity contribution in [2.24, 2.45) is 0 Å². The molecule has 1 N–H and O–H groups in total. The van der Waals surface area contributed by atoms with Gasteiger partial charge < -0.3 is 24.3 Å². The minimum absolute atomic E-state index is 0.0446. The molecule has 0 aliphatic carbocycles. The summed E-state index contributed by atoms with van der Waals surface area (Å²) in [5.74, 6) is 1.47. The maximum atomic E-state index is 5.75. The molecule has 0 spiro atoms. The van der Waals surface area contributed by atoms with E-state index in [0.717, 1.165) is 30.2 Å². The van der Waals surface area contributed by atoms with Crippen LogP contribution in [-0.4, -0.2) is 47.2 Å². The van der Waals surface area contributed by atoms with Crippen LogP contribution in [0.3, 0.4) is 0 Å². The Balaban J connectivity index is 2.60. The number of ether oxygens (including phenoxy) is 4. The Hall–Kier alpha value is -1.30. The van der Waals surface area contributed by atoms with Gasteiger partial charge in [-0.2, -0.15) is 0 Å². The van der Waals surface area contributed by atoms with E-state index in [0.29, 0.717) is 13.2 Å². The van der Waals surface area contributed by atoms with Crippen molar-refractivity contribution >= 4 is 0 Å². The van der Waals surface area contributed by atoms with Crippen molar-refractivity contribution in [3.8, 4) is 11.5 Å². The SMILES string of the molecule is COCCNCc1ccc(OC)c(OCC(C)OC)c1. The molecule has 0 aliphatic rings. The molecular weight excluding hydrogens is 258 g/mol. The van der Waals surface area contributed by atoms with Gasteiger partial charge in [-0.25, -0.2) is 0 Å². The Kier molecular flexibility index (Phi) is 8.02. The monoisotopic (exact) mass is 283 g/mol. The Morgan fingerprint density at radius 3 is 2.60 bits per heavy atom. The number of benzene rings is 1. The highest BCUT2D eigenvalue weighted by molar-refractivity contribution is 5.43. The molecule has 1 aromatic carbocycles. The molecule has 0 fully saturated rings. The molecule has 1 atom stereocenters. The smallest absolute Gasteiger partial charge is 0.161 e. The summed E-state index contributed by atoms with van der Waals surface area (Å²) in [6, 6.07) is 5.92. The molecule has 0 saturated carbocycles. The van der Waals surface area contributed by atoms with Crippen molar-refractivity contribution in [1.29, 1.82) is 0 Å². The van der Waals surface area contributed by atoms with E-state index in [4.69, 9.17) is 18.9 Å². The molecule has 5 heteroatoms. The Morgan fingerprint density at radius 1 is 1.15 bits per heavy atom. The maximum Gasteiger partial charge on any atom is 0.161 e. The lowest BCUT2D eigenvalue weighted by Crippen LogP contribution is -2.19. The van der Waals surface area contributed by atoms with Crippen LogP contribution in [0, 0.1) is 0 Å². The molecule has 0 radical (unpaired) electrons. The fraction of sp³-hybridized carbons (Fsp3) is 0.600. The molecule has 20 heavy (non-hydrogen) atoms. The van der Waals surface area contributed by atoms with Gasteiger partial charge in [0.1, 0.15) is 6.61 Å². The first-order valence-corrected chi connectivity index (χ1v) is 6.73. The molecule has 0 aliphatic heterocycles. The summed E-state index contributed by atoms with van der Waals surface area (Å²) < 4.78 is 21.2. The van der Waals surface area contributed by atoms with Crippen molar-refractivity contribution in [3.63, 3.8) is 0 Å². The first-order chi connectivity index (χ1) is 9.71. The fourth-order valence-electron chi connectivity index (χ4n) is 1.63. The molecule has 0 aromatic heterocycles. The molecule has 0 saturated heterocycles. The minimum Gasteiger partial charge on any atom is -0.493 e. The van der Waals surface area contributed by atoms with E-state index < -0.39 is 0 Å². The van der Waals surface area contributed by atoms with Gasteiger partial charge in [-0.05, 0) is 24.6 Å². The van der Waals surface area contributed by atoms with E-state index in [9.17, 15) is 0 Å². The van der Waals surface area contributed by atoms with Gasteiger partial charge in [-0.1, -0.05) is 6.07 Å². The zero-order valence-electron chi connectivity index (χ0n) is 12.8. The predicted octanol–water partition coefficient (Wildman–Crippen LogP) is 1.84. The molecule has 1 unspecified atom stereocenters. The maximum absolute atomic E-state index is 5.75. The number of rotatable bonds is 10. The summed E-state index contributed by atoms with van der Waals surface area (Å²) in [4.78, 5) is 0. The number of hydrogen-bond acceptors (Lipinski definition) is 5. The van der Waals surface area contributed by atoms with Crippen LogP contribution in [-0.2, 0) is 16.0 Å². The molecule has 0 bridgehead atoms. The molecule has 1 rings (SSSR count). The van der Waals surface area contributed by atoms with Gasteiger partial charge >= 0.3 is 0 Å². The summed E-state index contributed by atoms with van der Waals surface area (Å²) in [5, 5.41) is 3.30. The van der Waals surface area contributed by atoms with Gasteiger partial charge in [-0.3, -0.25) is 0 Å². The zero-order valence-corrected chi connectivity index (χ0v) is 12.8. The van der Waals surface area contributed by atoms with Gasteiger partial charge in [-0.15, -0.1) is 0 Å². The number of nitrogens with one attached hydrogen (secondary N) is 1. The third-order valence-electron chi connectivity index (χ3n) is 2.92. The van der Waals surface area contributed by atoms with E-state index >= 15 is 0 Å². The highest BCUT2D eigenvalue weighted by atomic mass is 16.5. The van der Waals surface area contributed by atoms with Crippen LogP contribution >= 0.6 is 0 Å². The van der Waals surface area contributed by atoms with Gasteiger partial charge in [0, 0.05) is 27.3 Å². The first kappa shape index (κ1) is 16.8. The first-order valence-electron chi connectivity index (χ1n) is 6.73. The average Bonchev–Trinajstić information content (AvgIpc) is 2.49. The Labute approximate surface area is 121 Å². The van der Waals surface area contributed by atoms with E-state index in [-0.39, 0.29) is 6.10 Å².